The lowest BCUT2D eigenvalue weighted by atomic mass is 10.2. The minimum atomic E-state index is -0.254. The summed E-state index contributed by atoms with van der Waals surface area (Å²) in [7, 11) is 0. The summed E-state index contributed by atoms with van der Waals surface area (Å²) in [6, 6.07) is 6.23. The summed E-state index contributed by atoms with van der Waals surface area (Å²) in [5, 5.41) is 3.29. The van der Waals surface area contributed by atoms with Gasteiger partial charge in [0.25, 0.3) is 0 Å². The van der Waals surface area contributed by atoms with E-state index in [1.807, 2.05) is 6.92 Å². The number of hydrogen-bond acceptors (Lipinski definition) is 3. The van der Waals surface area contributed by atoms with Gasteiger partial charge in [-0.15, -0.1) is 0 Å². The van der Waals surface area contributed by atoms with Crippen LogP contribution in [0.15, 0.2) is 24.3 Å². The molecule has 19 heavy (non-hydrogen) atoms. The number of rotatable bonds is 4. The van der Waals surface area contributed by atoms with Gasteiger partial charge in [-0.3, -0.25) is 0 Å². The van der Waals surface area contributed by atoms with Crippen molar-refractivity contribution < 1.29 is 4.39 Å². The van der Waals surface area contributed by atoms with Gasteiger partial charge in [0.05, 0.1) is 9.26 Å². The van der Waals surface area contributed by atoms with E-state index >= 15 is 0 Å². The van der Waals surface area contributed by atoms with Gasteiger partial charge in [-0.2, -0.15) is 0 Å². The minimum absolute atomic E-state index is 0.254. The highest BCUT2D eigenvalue weighted by Crippen LogP contribution is 2.23. The van der Waals surface area contributed by atoms with E-state index in [1.54, 1.807) is 12.1 Å². The molecule has 1 aromatic heterocycles. The van der Waals surface area contributed by atoms with E-state index < -0.39 is 0 Å². The second-order valence-corrected chi connectivity index (χ2v) is 5.31. The Balaban J connectivity index is 2.40. The monoisotopic (exact) mass is 371 g/mol. The van der Waals surface area contributed by atoms with Crippen molar-refractivity contribution >= 4 is 28.4 Å². The minimum Gasteiger partial charge on any atom is -0.369 e. The van der Waals surface area contributed by atoms with E-state index in [0.717, 1.165) is 33.6 Å². The van der Waals surface area contributed by atoms with Gasteiger partial charge in [-0.1, -0.05) is 6.92 Å². The van der Waals surface area contributed by atoms with Crippen molar-refractivity contribution in [3.8, 4) is 11.4 Å². The van der Waals surface area contributed by atoms with Crippen LogP contribution in [0.25, 0.3) is 11.4 Å². The highest BCUT2D eigenvalue weighted by Gasteiger charge is 2.10. The first-order chi connectivity index (χ1) is 9.11. The average Bonchev–Trinajstić information content (AvgIpc) is 2.41. The third-order valence-electron chi connectivity index (χ3n) is 2.66. The van der Waals surface area contributed by atoms with Crippen LogP contribution in [-0.4, -0.2) is 16.5 Å². The van der Waals surface area contributed by atoms with Gasteiger partial charge in [0, 0.05) is 12.1 Å². The van der Waals surface area contributed by atoms with Crippen molar-refractivity contribution in [3.05, 3.63) is 39.3 Å². The Morgan fingerprint density at radius 3 is 2.53 bits per heavy atom. The van der Waals surface area contributed by atoms with Crippen LogP contribution in [0, 0.1) is 16.3 Å². The Hall–Kier alpha value is -1.24. The van der Waals surface area contributed by atoms with E-state index in [-0.39, 0.29) is 5.82 Å². The maximum absolute atomic E-state index is 12.9. The molecule has 0 fully saturated rings. The number of anilines is 1. The number of benzene rings is 1. The quantitative estimate of drug-likeness (QED) is 0.826. The lowest BCUT2D eigenvalue weighted by molar-refractivity contribution is 0.628. The summed E-state index contributed by atoms with van der Waals surface area (Å²) in [5.41, 5.74) is 1.74. The number of hydrogen-bond donors (Lipinski definition) is 1. The van der Waals surface area contributed by atoms with Crippen molar-refractivity contribution in [2.24, 2.45) is 0 Å². The highest BCUT2D eigenvalue weighted by atomic mass is 127. The third kappa shape index (κ3) is 3.40. The zero-order valence-electron chi connectivity index (χ0n) is 10.9. The van der Waals surface area contributed by atoms with Crippen LogP contribution in [0.1, 0.15) is 19.0 Å². The van der Waals surface area contributed by atoms with Crippen molar-refractivity contribution in [2.45, 2.75) is 20.3 Å². The molecule has 0 saturated heterocycles. The molecular weight excluding hydrogens is 356 g/mol. The van der Waals surface area contributed by atoms with Gasteiger partial charge >= 0.3 is 0 Å². The molecule has 2 rings (SSSR count). The Kier molecular flexibility index (Phi) is 4.68. The lowest BCUT2D eigenvalue weighted by Gasteiger charge is -2.10. The summed E-state index contributed by atoms with van der Waals surface area (Å²) in [6.45, 7) is 4.93. The van der Waals surface area contributed by atoms with Gasteiger partial charge in [0.2, 0.25) is 0 Å². The van der Waals surface area contributed by atoms with E-state index in [1.165, 1.54) is 12.1 Å². The smallest absolute Gasteiger partial charge is 0.161 e. The second-order valence-electron chi connectivity index (χ2n) is 4.23. The molecule has 5 heteroatoms. The lowest BCUT2D eigenvalue weighted by Crippen LogP contribution is -2.07. The largest absolute Gasteiger partial charge is 0.369 e. The van der Waals surface area contributed by atoms with Crippen LogP contribution in [-0.2, 0) is 0 Å². The standard InChI is InChI=1S/C14H15FIN3/c1-3-8-17-14-12(16)9(2)18-13(19-14)10-4-6-11(15)7-5-10/h4-7H,3,8H2,1-2H3,(H,17,18,19). The first-order valence-corrected chi connectivity index (χ1v) is 7.23. The van der Waals surface area contributed by atoms with Gasteiger partial charge in [-0.05, 0) is 60.2 Å². The molecule has 1 heterocycles. The first-order valence-electron chi connectivity index (χ1n) is 6.15. The van der Waals surface area contributed by atoms with Crippen molar-refractivity contribution in [1.29, 1.82) is 0 Å². The molecule has 0 spiro atoms. The predicted octanol–water partition coefficient (Wildman–Crippen LogP) is 4.02. The number of nitrogens with one attached hydrogen (secondary N) is 1. The van der Waals surface area contributed by atoms with E-state index in [2.05, 4.69) is 44.8 Å². The molecule has 0 aliphatic carbocycles. The molecule has 1 aromatic carbocycles. The van der Waals surface area contributed by atoms with Gasteiger partial charge in [0.1, 0.15) is 11.6 Å². The summed E-state index contributed by atoms with van der Waals surface area (Å²) >= 11 is 2.24. The Morgan fingerprint density at radius 1 is 1.21 bits per heavy atom. The zero-order chi connectivity index (χ0) is 13.8. The molecule has 1 N–H and O–H groups in total. The SMILES string of the molecule is CCCNc1nc(-c2ccc(F)cc2)nc(C)c1I. The molecular formula is C14H15FIN3. The maximum Gasteiger partial charge on any atom is 0.161 e. The maximum atomic E-state index is 12.9. The molecule has 0 unspecified atom stereocenters. The van der Waals surface area contributed by atoms with Crippen LogP contribution in [0.5, 0.6) is 0 Å². The zero-order valence-corrected chi connectivity index (χ0v) is 13.0. The van der Waals surface area contributed by atoms with Crippen molar-refractivity contribution in [1.82, 2.24) is 9.97 Å². The van der Waals surface area contributed by atoms with Gasteiger partial charge in [0.15, 0.2) is 5.82 Å². The molecule has 0 bridgehead atoms. The predicted molar refractivity (Wildman–Crippen MR) is 83.7 cm³/mol. The summed E-state index contributed by atoms with van der Waals surface area (Å²) in [6.07, 6.45) is 1.03. The van der Waals surface area contributed by atoms with Crippen LogP contribution in [0.4, 0.5) is 10.2 Å². The molecule has 0 amide bonds. The molecule has 0 radical (unpaired) electrons. The van der Waals surface area contributed by atoms with E-state index in [0.29, 0.717) is 5.82 Å². The summed E-state index contributed by atoms with van der Waals surface area (Å²) in [5.74, 6) is 1.21. The van der Waals surface area contributed by atoms with Crippen LogP contribution in [0.3, 0.4) is 0 Å². The Morgan fingerprint density at radius 2 is 1.89 bits per heavy atom. The molecule has 3 nitrogen and oxygen atoms in total. The fourth-order valence-corrected chi connectivity index (χ4v) is 2.08. The van der Waals surface area contributed by atoms with E-state index in [4.69, 9.17) is 0 Å². The van der Waals surface area contributed by atoms with Gasteiger partial charge < -0.3 is 5.32 Å². The molecule has 0 aliphatic rings. The topological polar surface area (TPSA) is 37.8 Å². The Labute approximate surface area is 125 Å². The van der Waals surface area contributed by atoms with Crippen molar-refractivity contribution in [3.63, 3.8) is 0 Å². The molecule has 0 saturated carbocycles. The Bertz CT molecular complexity index is 570. The molecule has 0 aliphatic heterocycles. The number of aromatic nitrogens is 2. The summed E-state index contributed by atoms with van der Waals surface area (Å²) < 4.78 is 14.0. The van der Waals surface area contributed by atoms with Crippen LogP contribution < -0.4 is 5.32 Å². The fraction of sp³-hybridized carbons (Fsp3) is 0.286. The molecule has 100 valence electrons. The first kappa shape index (κ1) is 14.2. The second kappa shape index (κ2) is 6.27. The van der Waals surface area contributed by atoms with Crippen LogP contribution >= 0.6 is 22.6 Å². The average molecular weight is 371 g/mol. The normalized spacial score (nSPS) is 10.5. The third-order valence-corrected chi connectivity index (χ3v) is 3.95. The molecule has 0 atom stereocenters. The van der Waals surface area contributed by atoms with Crippen LogP contribution in [0.2, 0.25) is 0 Å². The number of nitrogens with zero attached hydrogens (tertiary/aromatic N) is 2. The highest BCUT2D eigenvalue weighted by molar-refractivity contribution is 14.1. The van der Waals surface area contributed by atoms with Crippen molar-refractivity contribution in [2.75, 3.05) is 11.9 Å². The number of aryl methyl sites for hydroxylation is 1. The fourth-order valence-electron chi connectivity index (χ4n) is 1.65. The van der Waals surface area contributed by atoms with Gasteiger partial charge in [-0.25, -0.2) is 14.4 Å². The summed E-state index contributed by atoms with van der Waals surface area (Å²) in [4.78, 5) is 8.98. The van der Waals surface area contributed by atoms with E-state index in [9.17, 15) is 4.39 Å². The number of halogens is 2. The molecule has 2 aromatic rings.